The molecule has 2 aromatic carbocycles. The lowest BCUT2D eigenvalue weighted by atomic mass is 10.2. The van der Waals surface area contributed by atoms with E-state index in [0.29, 0.717) is 46.7 Å². The molecule has 0 bridgehead atoms. The van der Waals surface area contributed by atoms with Crippen molar-refractivity contribution in [3.8, 4) is 17.2 Å². The van der Waals surface area contributed by atoms with E-state index in [1.165, 1.54) is 0 Å². The second-order valence-corrected chi connectivity index (χ2v) is 7.16. The third kappa shape index (κ3) is 5.77. The Bertz CT molecular complexity index is 883. The molecule has 154 valence electrons. The first-order valence-corrected chi connectivity index (χ1v) is 9.74. The number of benzene rings is 2. The maximum atomic E-state index is 12.2. The van der Waals surface area contributed by atoms with Gasteiger partial charge in [0.15, 0.2) is 11.5 Å². The fourth-order valence-electron chi connectivity index (χ4n) is 2.69. The molecule has 3 rings (SSSR count). The average Bonchev–Trinajstić information content (AvgIpc) is 2.91. The number of nitrogens with one attached hydrogen (secondary N) is 2. The number of rotatable bonds is 6. The largest absolute Gasteiger partial charge is 0.491 e. The van der Waals surface area contributed by atoms with Gasteiger partial charge in [-0.1, -0.05) is 11.6 Å². The third-order valence-electron chi connectivity index (χ3n) is 4.01. The minimum absolute atomic E-state index is 0.0510. The SMILES string of the molecule is CC(C)Oc1ccc(C(=O)NCC(=O)Nc2cc3c(cc2Cl)OCCCO3)cc1. The lowest BCUT2D eigenvalue weighted by Crippen LogP contribution is -2.32. The number of hydrogen-bond donors (Lipinski definition) is 2. The van der Waals surface area contributed by atoms with Crippen LogP contribution < -0.4 is 24.8 Å². The van der Waals surface area contributed by atoms with Gasteiger partial charge in [0.2, 0.25) is 5.91 Å². The van der Waals surface area contributed by atoms with Gasteiger partial charge in [-0.05, 0) is 38.1 Å². The molecule has 2 amide bonds. The Balaban J connectivity index is 1.56. The molecule has 0 saturated heterocycles. The first kappa shape index (κ1) is 20.8. The molecule has 0 fully saturated rings. The molecule has 0 aliphatic carbocycles. The first-order valence-electron chi connectivity index (χ1n) is 9.36. The second kappa shape index (κ2) is 9.52. The van der Waals surface area contributed by atoms with Gasteiger partial charge in [-0.2, -0.15) is 0 Å². The van der Waals surface area contributed by atoms with Gasteiger partial charge in [-0.15, -0.1) is 0 Å². The number of halogens is 1. The number of amides is 2. The summed E-state index contributed by atoms with van der Waals surface area (Å²) in [5, 5.41) is 5.59. The van der Waals surface area contributed by atoms with Gasteiger partial charge in [-0.25, -0.2) is 0 Å². The Labute approximate surface area is 174 Å². The van der Waals surface area contributed by atoms with Crippen molar-refractivity contribution in [3.63, 3.8) is 0 Å². The number of anilines is 1. The highest BCUT2D eigenvalue weighted by Crippen LogP contribution is 2.37. The predicted octanol–water partition coefficient (Wildman–Crippen LogP) is 3.66. The summed E-state index contributed by atoms with van der Waals surface area (Å²) < 4.78 is 16.7. The van der Waals surface area contributed by atoms with Gasteiger partial charge in [0.1, 0.15) is 5.75 Å². The number of carbonyl (C=O) groups is 2. The van der Waals surface area contributed by atoms with Crippen LogP contribution in [0.2, 0.25) is 5.02 Å². The van der Waals surface area contributed by atoms with Crippen LogP contribution in [0.5, 0.6) is 17.2 Å². The standard InChI is InChI=1S/C21H23ClN2O5/c1-13(2)29-15-6-4-14(5-7-15)21(26)23-12-20(25)24-17-11-19-18(10-16(17)22)27-8-3-9-28-19/h4-7,10-11,13H,3,8-9,12H2,1-2H3,(H,23,26)(H,24,25). The monoisotopic (exact) mass is 418 g/mol. The van der Waals surface area contributed by atoms with Crippen molar-refractivity contribution in [2.45, 2.75) is 26.4 Å². The Morgan fingerprint density at radius 2 is 1.76 bits per heavy atom. The topological polar surface area (TPSA) is 85.9 Å². The molecule has 0 saturated carbocycles. The molecule has 8 heteroatoms. The minimum Gasteiger partial charge on any atom is -0.491 e. The molecule has 1 aliphatic rings. The molecule has 2 N–H and O–H groups in total. The highest BCUT2D eigenvalue weighted by Gasteiger charge is 2.16. The molecule has 0 radical (unpaired) electrons. The number of fused-ring (bicyclic) bond motifs is 1. The molecule has 0 unspecified atom stereocenters. The third-order valence-corrected chi connectivity index (χ3v) is 4.32. The quantitative estimate of drug-likeness (QED) is 0.747. The smallest absolute Gasteiger partial charge is 0.251 e. The summed E-state index contributed by atoms with van der Waals surface area (Å²) in [5.74, 6) is 0.979. The molecule has 7 nitrogen and oxygen atoms in total. The first-order chi connectivity index (χ1) is 13.9. The van der Waals surface area contributed by atoms with Crippen LogP contribution in [-0.2, 0) is 4.79 Å². The van der Waals surface area contributed by atoms with Crippen molar-refractivity contribution in [1.29, 1.82) is 0 Å². The predicted molar refractivity (Wildman–Crippen MR) is 110 cm³/mol. The van der Waals surface area contributed by atoms with Gasteiger partial charge >= 0.3 is 0 Å². The van der Waals surface area contributed by atoms with E-state index in [2.05, 4.69) is 10.6 Å². The van der Waals surface area contributed by atoms with Gasteiger partial charge < -0.3 is 24.8 Å². The summed E-state index contributed by atoms with van der Waals surface area (Å²) in [5.41, 5.74) is 0.827. The summed E-state index contributed by atoms with van der Waals surface area (Å²) >= 11 is 6.22. The Morgan fingerprint density at radius 3 is 2.41 bits per heavy atom. The van der Waals surface area contributed by atoms with Crippen molar-refractivity contribution in [1.82, 2.24) is 5.32 Å². The van der Waals surface area contributed by atoms with Crippen LogP contribution in [-0.4, -0.2) is 37.7 Å². The van der Waals surface area contributed by atoms with Crippen molar-refractivity contribution < 1.29 is 23.8 Å². The summed E-state index contributed by atoms with van der Waals surface area (Å²) in [6, 6.07) is 9.95. The molecule has 0 aromatic heterocycles. The zero-order valence-electron chi connectivity index (χ0n) is 16.3. The van der Waals surface area contributed by atoms with Gasteiger partial charge in [-0.3, -0.25) is 9.59 Å². The summed E-state index contributed by atoms with van der Waals surface area (Å²) in [6.07, 6.45) is 0.819. The van der Waals surface area contributed by atoms with E-state index in [9.17, 15) is 9.59 Å². The fourth-order valence-corrected chi connectivity index (χ4v) is 2.89. The van der Waals surface area contributed by atoms with Gasteiger partial charge in [0, 0.05) is 24.1 Å². The van der Waals surface area contributed by atoms with E-state index < -0.39 is 5.91 Å². The Hall–Kier alpha value is -2.93. The van der Waals surface area contributed by atoms with Crippen molar-refractivity contribution in [3.05, 3.63) is 47.0 Å². The Kier molecular flexibility index (Phi) is 6.82. The number of hydrogen-bond acceptors (Lipinski definition) is 5. The maximum Gasteiger partial charge on any atom is 0.251 e. The minimum atomic E-state index is -0.408. The molecule has 0 spiro atoms. The average molecular weight is 419 g/mol. The second-order valence-electron chi connectivity index (χ2n) is 6.75. The van der Waals surface area contributed by atoms with E-state index in [4.69, 9.17) is 25.8 Å². The van der Waals surface area contributed by atoms with Crippen molar-refractivity contribution in [2.24, 2.45) is 0 Å². The number of ether oxygens (including phenoxy) is 3. The normalized spacial score (nSPS) is 12.8. The van der Waals surface area contributed by atoms with E-state index in [1.807, 2.05) is 13.8 Å². The van der Waals surface area contributed by atoms with E-state index in [0.717, 1.165) is 6.42 Å². The molecule has 1 aliphatic heterocycles. The molecular formula is C21H23ClN2O5. The maximum absolute atomic E-state index is 12.2. The Morgan fingerprint density at radius 1 is 1.10 bits per heavy atom. The summed E-state index contributed by atoms with van der Waals surface area (Å²) in [7, 11) is 0. The lowest BCUT2D eigenvalue weighted by Gasteiger charge is -2.13. The molecule has 29 heavy (non-hydrogen) atoms. The van der Waals surface area contributed by atoms with Crippen LogP contribution in [0.3, 0.4) is 0 Å². The van der Waals surface area contributed by atoms with E-state index in [1.54, 1.807) is 36.4 Å². The molecule has 0 atom stereocenters. The summed E-state index contributed by atoms with van der Waals surface area (Å²) in [6.45, 7) is 4.72. The van der Waals surface area contributed by atoms with Crippen LogP contribution in [0.15, 0.2) is 36.4 Å². The number of carbonyl (C=O) groups excluding carboxylic acids is 2. The van der Waals surface area contributed by atoms with Crippen LogP contribution in [0.1, 0.15) is 30.6 Å². The van der Waals surface area contributed by atoms with Gasteiger partial charge in [0.05, 0.1) is 36.6 Å². The zero-order chi connectivity index (χ0) is 20.8. The van der Waals surface area contributed by atoms with Crippen molar-refractivity contribution in [2.75, 3.05) is 25.1 Å². The van der Waals surface area contributed by atoms with Crippen LogP contribution in [0, 0.1) is 0 Å². The van der Waals surface area contributed by atoms with Crippen LogP contribution in [0.25, 0.3) is 0 Å². The van der Waals surface area contributed by atoms with Gasteiger partial charge in [0.25, 0.3) is 5.91 Å². The van der Waals surface area contributed by atoms with Crippen LogP contribution in [0.4, 0.5) is 5.69 Å². The highest BCUT2D eigenvalue weighted by atomic mass is 35.5. The van der Waals surface area contributed by atoms with E-state index in [-0.39, 0.29) is 18.6 Å². The summed E-state index contributed by atoms with van der Waals surface area (Å²) in [4.78, 5) is 24.5. The molecular weight excluding hydrogens is 396 g/mol. The zero-order valence-corrected chi connectivity index (χ0v) is 17.0. The lowest BCUT2D eigenvalue weighted by molar-refractivity contribution is -0.115. The highest BCUT2D eigenvalue weighted by molar-refractivity contribution is 6.34. The molecule has 2 aromatic rings. The van der Waals surface area contributed by atoms with E-state index >= 15 is 0 Å². The van der Waals surface area contributed by atoms with Crippen LogP contribution >= 0.6 is 11.6 Å². The van der Waals surface area contributed by atoms with Crippen molar-refractivity contribution >= 4 is 29.1 Å². The molecule has 1 heterocycles. The fraction of sp³-hybridized carbons (Fsp3) is 0.333.